The molecule has 2 aromatic heterocycles. The van der Waals surface area contributed by atoms with Crippen molar-refractivity contribution in [1.82, 2.24) is 35.7 Å². The van der Waals surface area contributed by atoms with E-state index in [-0.39, 0.29) is 55.3 Å². The van der Waals surface area contributed by atoms with Crippen molar-refractivity contribution in [2.45, 2.75) is 19.8 Å². The van der Waals surface area contributed by atoms with Gasteiger partial charge in [0.25, 0.3) is 5.91 Å². The highest BCUT2D eigenvalue weighted by Crippen LogP contribution is 2.41. The molecule has 0 bridgehead atoms. The summed E-state index contributed by atoms with van der Waals surface area (Å²) in [7, 11) is 1.44. The summed E-state index contributed by atoms with van der Waals surface area (Å²) >= 11 is 0. The monoisotopic (exact) mass is 718 g/mol. The minimum atomic E-state index is -0.579. The molecule has 0 aliphatic carbocycles. The highest BCUT2D eigenvalue weighted by atomic mass is 19.1. The Hall–Kier alpha value is -5.70. The summed E-state index contributed by atoms with van der Waals surface area (Å²) in [5, 5.41) is 2.15. The molecule has 12 nitrogen and oxygen atoms in total. The van der Waals surface area contributed by atoms with Gasteiger partial charge in [-0.3, -0.25) is 14.6 Å². The number of para-hydroxylation sites is 1. The largest absolute Gasteiger partial charge is 0.493 e. The number of halogens is 3. The van der Waals surface area contributed by atoms with Gasteiger partial charge in [-0.2, -0.15) is 0 Å². The van der Waals surface area contributed by atoms with Crippen molar-refractivity contribution in [2.24, 2.45) is 0 Å². The first kappa shape index (κ1) is 34.7. The van der Waals surface area contributed by atoms with Crippen LogP contribution in [0, 0.1) is 17.5 Å². The molecule has 1 saturated heterocycles. The molecule has 3 aliphatic rings. The average molecular weight is 719 g/mol. The fraction of sp³-hybridized carbons (Fsp3) is 0.324. The number of anilines is 1. The summed E-state index contributed by atoms with van der Waals surface area (Å²) in [6.07, 6.45) is 7.34. The number of piperazine rings is 1. The number of benzene rings is 2. The lowest BCUT2D eigenvalue weighted by atomic mass is 9.92. The minimum absolute atomic E-state index is 0. The van der Waals surface area contributed by atoms with Crippen LogP contribution in [0.1, 0.15) is 37.2 Å². The first-order valence-corrected chi connectivity index (χ1v) is 17.2. The normalized spacial score (nSPS) is 16.0. The maximum Gasteiger partial charge on any atom is 0.270 e. The van der Waals surface area contributed by atoms with Gasteiger partial charge in [0, 0.05) is 88.6 Å². The molecule has 0 unspecified atom stereocenters. The molecule has 0 atom stereocenters. The number of hydrogen-bond donors (Lipinski definition) is 3. The van der Waals surface area contributed by atoms with E-state index < -0.39 is 17.5 Å². The second-order valence-electron chi connectivity index (χ2n) is 12.6. The van der Waals surface area contributed by atoms with Gasteiger partial charge < -0.3 is 34.6 Å². The number of rotatable bonds is 10. The summed E-state index contributed by atoms with van der Waals surface area (Å²) < 4.78 is 56.7. The highest BCUT2D eigenvalue weighted by molar-refractivity contribution is 6.05. The van der Waals surface area contributed by atoms with Gasteiger partial charge in [-0.25, -0.2) is 18.2 Å². The lowest BCUT2D eigenvalue weighted by molar-refractivity contribution is -0.131. The Bertz CT molecular complexity index is 2070. The van der Waals surface area contributed by atoms with Crippen molar-refractivity contribution < 1.29 is 33.7 Å². The van der Waals surface area contributed by atoms with Crippen LogP contribution in [0.25, 0.3) is 27.6 Å². The Labute approximate surface area is 299 Å². The summed E-state index contributed by atoms with van der Waals surface area (Å²) in [6.45, 7) is 4.57. The van der Waals surface area contributed by atoms with E-state index in [2.05, 4.69) is 20.9 Å². The fourth-order valence-electron chi connectivity index (χ4n) is 6.88. The lowest BCUT2D eigenvalue weighted by Gasteiger charge is -2.35. The van der Waals surface area contributed by atoms with Crippen LogP contribution in [0.2, 0.25) is 0 Å². The number of hydrazine groups is 2. The molecule has 15 heteroatoms. The molecule has 2 aromatic carbocycles. The van der Waals surface area contributed by atoms with Gasteiger partial charge in [-0.15, -0.1) is 5.53 Å². The topological polar surface area (TPSA) is 118 Å². The molecule has 0 radical (unpaired) electrons. The molecule has 52 heavy (non-hydrogen) atoms. The minimum Gasteiger partial charge on any atom is -0.493 e. The number of amides is 2. The van der Waals surface area contributed by atoms with Gasteiger partial charge in [0.15, 0.2) is 29.0 Å². The van der Waals surface area contributed by atoms with E-state index in [0.717, 1.165) is 6.20 Å². The fourth-order valence-corrected chi connectivity index (χ4v) is 6.88. The van der Waals surface area contributed by atoms with Crippen LogP contribution in [0.5, 0.6) is 11.5 Å². The van der Waals surface area contributed by atoms with Gasteiger partial charge >= 0.3 is 0 Å². The predicted molar refractivity (Wildman–Crippen MR) is 192 cm³/mol. The van der Waals surface area contributed by atoms with Gasteiger partial charge in [-0.05, 0) is 42.7 Å². The van der Waals surface area contributed by atoms with Crippen LogP contribution in [-0.4, -0.2) is 96.1 Å². The number of carbonyl (C=O) groups excluding carboxylic acids is 2. The molecule has 7 rings (SSSR count). The van der Waals surface area contributed by atoms with Gasteiger partial charge in [0.05, 0.1) is 25.4 Å². The Morgan fingerprint density at radius 1 is 1.00 bits per heavy atom. The number of aromatic amines is 1. The number of methoxy groups -OCH3 is 1. The maximum absolute atomic E-state index is 16.7. The number of pyridine rings is 1. The number of nitrogens with zero attached hydrogens (tertiary/aromatic N) is 5. The molecule has 2 amide bonds. The van der Waals surface area contributed by atoms with E-state index in [1.54, 1.807) is 58.4 Å². The standard InChI is InChI=1S/C37H39F3N8O4.H2/c1-3-52-35-25(7-4-8-29(35)39)27-19-26(23-6-5-11-47(22-23)32(49)9-12-48-13-10-42-44-48)33(40)34-28(27)20-30(43-34)37(50)46-16-14-45(15-17-46)36-31(51-2)18-24(38)21-41-36;/h4,6-8,10,13,18-21,42-44H,3,5,9,11-12,14-17,22H2,1-2H3;1H. The lowest BCUT2D eigenvalue weighted by Crippen LogP contribution is -2.49. The van der Waals surface area contributed by atoms with Crippen LogP contribution in [-0.2, 0) is 4.79 Å². The van der Waals surface area contributed by atoms with Gasteiger partial charge in [0.1, 0.15) is 11.5 Å². The van der Waals surface area contributed by atoms with Crippen LogP contribution in [0.3, 0.4) is 0 Å². The summed E-state index contributed by atoms with van der Waals surface area (Å²) in [5.74, 6) is -1.26. The molecular formula is C37H41F3N8O4. The first-order valence-electron chi connectivity index (χ1n) is 17.2. The number of ether oxygens (including phenoxy) is 2. The molecule has 274 valence electrons. The summed E-state index contributed by atoms with van der Waals surface area (Å²) in [4.78, 5) is 39.7. The Kier molecular flexibility index (Phi) is 9.94. The molecule has 1 fully saturated rings. The Morgan fingerprint density at radius 2 is 1.83 bits per heavy atom. The molecule has 0 spiro atoms. The molecule has 0 saturated carbocycles. The van der Waals surface area contributed by atoms with Crippen molar-refractivity contribution in [3.05, 3.63) is 89.8 Å². The zero-order valence-corrected chi connectivity index (χ0v) is 28.8. The van der Waals surface area contributed by atoms with E-state index in [1.807, 2.05) is 11.0 Å². The van der Waals surface area contributed by atoms with Crippen LogP contribution >= 0.6 is 0 Å². The summed E-state index contributed by atoms with van der Waals surface area (Å²) in [6, 6.07) is 9.08. The van der Waals surface area contributed by atoms with Crippen LogP contribution in [0.15, 0.2) is 61.1 Å². The smallest absolute Gasteiger partial charge is 0.270 e. The molecular weight excluding hydrogens is 677 g/mol. The molecule has 4 aromatic rings. The maximum atomic E-state index is 16.7. The van der Waals surface area contributed by atoms with E-state index in [1.165, 1.54) is 19.2 Å². The Morgan fingerprint density at radius 3 is 2.58 bits per heavy atom. The second kappa shape index (κ2) is 14.9. The molecule has 3 aliphatic heterocycles. The van der Waals surface area contributed by atoms with Crippen molar-refractivity contribution >= 4 is 34.1 Å². The third-order valence-electron chi connectivity index (χ3n) is 9.48. The zero-order chi connectivity index (χ0) is 36.4. The number of fused-ring (bicyclic) bond motifs is 1. The van der Waals surface area contributed by atoms with Gasteiger partial charge in [-0.1, -0.05) is 18.2 Å². The number of aromatic nitrogens is 2. The van der Waals surface area contributed by atoms with E-state index in [4.69, 9.17) is 9.47 Å². The van der Waals surface area contributed by atoms with Crippen LogP contribution in [0.4, 0.5) is 19.0 Å². The number of H-pyrrole nitrogens is 1. The van der Waals surface area contributed by atoms with E-state index >= 15 is 8.78 Å². The van der Waals surface area contributed by atoms with Crippen molar-refractivity contribution in [2.75, 3.05) is 64.4 Å². The SMILES string of the molecule is CCOc1c(F)cccc1-c1cc(C2=CCCN(C(=O)CCN3C=CNN3)C2)c(F)c2[nH]c(C(=O)N3CCN(c4ncc(F)cc4OC)CC3)cc12.[HH]. The molecule has 5 heterocycles. The van der Waals surface area contributed by atoms with Crippen LogP contribution < -0.4 is 25.3 Å². The average Bonchev–Trinajstić information content (AvgIpc) is 3.86. The quantitative estimate of drug-likeness (QED) is 0.207. The number of nitrogens with one attached hydrogen (secondary N) is 3. The predicted octanol–water partition coefficient (Wildman–Crippen LogP) is 5.06. The van der Waals surface area contributed by atoms with E-state index in [0.29, 0.717) is 79.3 Å². The Balaban J connectivity index is 0.00000481. The third kappa shape index (κ3) is 6.83. The van der Waals surface area contributed by atoms with Gasteiger partial charge in [0.2, 0.25) is 5.91 Å². The number of hydrogen-bond acceptors (Lipinski definition) is 9. The first-order chi connectivity index (χ1) is 25.2. The third-order valence-corrected chi connectivity index (χ3v) is 9.48. The zero-order valence-electron chi connectivity index (χ0n) is 28.8. The van der Waals surface area contributed by atoms with E-state index in [9.17, 15) is 14.0 Å². The van der Waals surface area contributed by atoms with Crippen molar-refractivity contribution in [3.63, 3.8) is 0 Å². The highest BCUT2D eigenvalue weighted by Gasteiger charge is 2.29. The summed E-state index contributed by atoms with van der Waals surface area (Å²) in [5.41, 5.74) is 7.75. The van der Waals surface area contributed by atoms with Crippen molar-refractivity contribution in [3.8, 4) is 22.6 Å². The second-order valence-corrected chi connectivity index (χ2v) is 12.6. The molecule has 3 N–H and O–H groups in total. The van der Waals surface area contributed by atoms with Crippen molar-refractivity contribution in [1.29, 1.82) is 0 Å². The number of carbonyl (C=O) groups is 2.